The summed E-state index contributed by atoms with van der Waals surface area (Å²) in [6, 6.07) is 0. The molecule has 1 aromatic rings. The molecular weight excluding hydrogens is 150 g/mol. The standard InChI is InChI=1S/C9H17N3/c1-9(2,7-11(3)4)12-6-5-10-8-12/h5-6,8H,7H2,1-4H3. The first-order valence-corrected chi connectivity index (χ1v) is 4.15. The molecule has 0 fully saturated rings. The Bertz CT molecular complexity index is 224. The van der Waals surface area contributed by atoms with E-state index >= 15 is 0 Å². The first kappa shape index (κ1) is 9.26. The fraction of sp³-hybridized carbons (Fsp3) is 0.667. The Morgan fingerprint density at radius 2 is 2.08 bits per heavy atom. The van der Waals surface area contributed by atoms with Crippen LogP contribution in [0.15, 0.2) is 18.7 Å². The molecule has 0 aliphatic carbocycles. The fourth-order valence-corrected chi connectivity index (χ4v) is 1.47. The van der Waals surface area contributed by atoms with E-state index in [1.165, 1.54) is 0 Å². The van der Waals surface area contributed by atoms with E-state index in [9.17, 15) is 0 Å². The fourth-order valence-electron chi connectivity index (χ4n) is 1.47. The van der Waals surface area contributed by atoms with Crippen LogP contribution >= 0.6 is 0 Å². The molecule has 0 N–H and O–H groups in total. The Kier molecular flexibility index (Phi) is 2.52. The minimum Gasteiger partial charge on any atom is -0.331 e. The van der Waals surface area contributed by atoms with E-state index < -0.39 is 0 Å². The van der Waals surface area contributed by atoms with Crippen molar-refractivity contribution in [2.24, 2.45) is 0 Å². The molecule has 68 valence electrons. The topological polar surface area (TPSA) is 21.1 Å². The highest BCUT2D eigenvalue weighted by molar-refractivity contribution is 4.87. The maximum absolute atomic E-state index is 4.04. The van der Waals surface area contributed by atoms with Crippen LogP contribution in [-0.2, 0) is 5.54 Å². The average Bonchev–Trinajstić information content (AvgIpc) is 2.32. The van der Waals surface area contributed by atoms with Gasteiger partial charge < -0.3 is 9.47 Å². The smallest absolute Gasteiger partial charge is 0.0951 e. The second kappa shape index (κ2) is 3.27. The van der Waals surface area contributed by atoms with Crippen molar-refractivity contribution in [3.8, 4) is 0 Å². The predicted octanol–water partition coefficient (Wildman–Crippen LogP) is 1.18. The van der Waals surface area contributed by atoms with Gasteiger partial charge in [0.05, 0.1) is 11.9 Å². The Morgan fingerprint density at radius 1 is 1.42 bits per heavy atom. The molecule has 1 aromatic heterocycles. The van der Waals surface area contributed by atoms with E-state index in [4.69, 9.17) is 0 Å². The first-order valence-electron chi connectivity index (χ1n) is 4.15. The highest BCUT2D eigenvalue weighted by atomic mass is 15.2. The van der Waals surface area contributed by atoms with Crippen LogP contribution in [0.2, 0.25) is 0 Å². The number of imidazole rings is 1. The van der Waals surface area contributed by atoms with Crippen LogP contribution in [0.25, 0.3) is 0 Å². The molecule has 0 radical (unpaired) electrons. The zero-order valence-electron chi connectivity index (χ0n) is 8.28. The van der Waals surface area contributed by atoms with Crippen LogP contribution in [0, 0.1) is 0 Å². The lowest BCUT2D eigenvalue weighted by molar-refractivity contribution is 0.241. The molecule has 0 atom stereocenters. The summed E-state index contributed by atoms with van der Waals surface area (Å²) >= 11 is 0. The Labute approximate surface area is 74.0 Å². The van der Waals surface area contributed by atoms with Gasteiger partial charge in [-0.3, -0.25) is 0 Å². The monoisotopic (exact) mass is 167 g/mol. The number of rotatable bonds is 3. The van der Waals surface area contributed by atoms with Gasteiger partial charge in [0.25, 0.3) is 0 Å². The Balaban J connectivity index is 2.72. The summed E-state index contributed by atoms with van der Waals surface area (Å²) in [4.78, 5) is 6.22. The van der Waals surface area contributed by atoms with Crippen LogP contribution in [0.5, 0.6) is 0 Å². The minimum absolute atomic E-state index is 0.125. The molecule has 0 unspecified atom stereocenters. The molecule has 0 amide bonds. The molecule has 0 aliphatic rings. The van der Waals surface area contributed by atoms with E-state index in [2.05, 4.69) is 42.4 Å². The number of hydrogen-bond donors (Lipinski definition) is 0. The average molecular weight is 167 g/mol. The van der Waals surface area contributed by atoms with Gasteiger partial charge in [-0.2, -0.15) is 0 Å². The van der Waals surface area contributed by atoms with E-state index in [0.717, 1.165) is 6.54 Å². The normalized spacial score (nSPS) is 12.4. The molecule has 0 bridgehead atoms. The zero-order valence-corrected chi connectivity index (χ0v) is 8.28. The van der Waals surface area contributed by atoms with Crippen LogP contribution in [-0.4, -0.2) is 35.1 Å². The van der Waals surface area contributed by atoms with E-state index in [1.54, 1.807) is 0 Å². The predicted molar refractivity (Wildman–Crippen MR) is 50.1 cm³/mol. The van der Waals surface area contributed by atoms with Crippen molar-refractivity contribution in [2.75, 3.05) is 20.6 Å². The summed E-state index contributed by atoms with van der Waals surface area (Å²) in [6.07, 6.45) is 5.68. The molecule has 1 rings (SSSR count). The second-order valence-corrected chi connectivity index (χ2v) is 4.02. The van der Waals surface area contributed by atoms with Crippen molar-refractivity contribution in [1.29, 1.82) is 0 Å². The lowest BCUT2D eigenvalue weighted by Gasteiger charge is -2.29. The largest absolute Gasteiger partial charge is 0.331 e. The Morgan fingerprint density at radius 3 is 2.50 bits per heavy atom. The van der Waals surface area contributed by atoms with Crippen molar-refractivity contribution in [3.05, 3.63) is 18.7 Å². The van der Waals surface area contributed by atoms with Gasteiger partial charge in [0, 0.05) is 18.9 Å². The summed E-state index contributed by atoms with van der Waals surface area (Å²) in [5.41, 5.74) is 0.125. The highest BCUT2D eigenvalue weighted by Crippen LogP contribution is 2.14. The highest BCUT2D eigenvalue weighted by Gasteiger charge is 2.19. The van der Waals surface area contributed by atoms with Gasteiger partial charge in [-0.1, -0.05) is 0 Å². The maximum Gasteiger partial charge on any atom is 0.0951 e. The molecule has 12 heavy (non-hydrogen) atoms. The van der Waals surface area contributed by atoms with Crippen LogP contribution in [0.4, 0.5) is 0 Å². The minimum atomic E-state index is 0.125. The summed E-state index contributed by atoms with van der Waals surface area (Å²) in [7, 11) is 4.16. The molecule has 0 spiro atoms. The third kappa shape index (κ3) is 2.08. The van der Waals surface area contributed by atoms with Crippen molar-refractivity contribution < 1.29 is 0 Å². The third-order valence-corrected chi connectivity index (χ3v) is 1.91. The van der Waals surface area contributed by atoms with Crippen LogP contribution in [0.1, 0.15) is 13.8 Å². The van der Waals surface area contributed by atoms with E-state index in [-0.39, 0.29) is 5.54 Å². The summed E-state index contributed by atoms with van der Waals surface area (Å²) in [5.74, 6) is 0. The maximum atomic E-state index is 4.04. The van der Waals surface area contributed by atoms with Crippen molar-refractivity contribution in [3.63, 3.8) is 0 Å². The summed E-state index contributed by atoms with van der Waals surface area (Å²) in [6.45, 7) is 5.42. The van der Waals surface area contributed by atoms with E-state index in [1.807, 2.05) is 18.7 Å². The molecule has 0 aliphatic heterocycles. The van der Waals surface area contributed by atoms with Gasteiger partial charge in [-0.05, 0) is 27.9 Å². The van der Waals surface area contributed by atoms with Gasteiger partial charge >= 0.3 is 0 Å². The van der Waals surface area contributed by atoms with Crippen LogP contribution < -0.4 is 0 Å². The number of hydrogen-bond acceptors (Lipinski definition) is 2. The number of aromatic nitrogens is 2. The molecular formula is C9H17N3. The lowest BCUT2D eigenvalue weighted by atomic mass is 10.1. The third-order valence-electron chi connectivity index (χ3n) is 1.91. The summed E-state index contributed by atoms with van der Waals surface area (Å²) in [5, 5.41) is 0. The van der Waals surface area contributed by atoms with Gasteiger partial charge in [0.1, 0.15) is 0 Å². The Hall–Kier alpha value is -0.830. The number of nitrogens with zero attached hydrogens (tertiary/aromatic N) is 3. The van der Waals surface area contributed by atoms with Gasteiger partial charge in [-0.25, -0.2) is 4.98 Å². The van der Waals surface area contributed by atoms with Gasteiger partial charge in [0.2, 0.25) is 0 Å². The molecule has 3 nitrogen and oxygen atoms in total. The molecule has 0 saturated heterocycles. The van der Waals surface area contributed by atoms with Crippen molar-refractivity contribution in [1.82, 2.24) is 14.5 Å². The van der Waals surface area contributed by atoms with Gasteiger partial charge in [-0.15, -0.1) is 0 Å². The molecule has 3 heteroatoms. The quantitative estimate of drug-likeness (QED) is 0.674. The second-order valence-electron chi connectivity index (χ2n) is 4.02. The molecule has 0 saturated carbocycles. The van der Waals surface area contributed by atoms with Crippen LogP contribution in [0.3, 0.4) is 0 Å². The van der Waals surface area contributed by atoms with E-state index in [0.29, 0.717) is 0 Å². The van der Waals surface area contributed by atoms with Gasteiger partial charge in [0.15, 0.2) is 0 Å². The SMILES string of the molecule is CN(C)CC(C)(C)n1ccnc1. The van der Waals surface area contributed by atoms with Crippen molar-refractivity contribution in [2.45, 2.75) is 19.4 Å². The number of likely N-dealkylation sites (N-methyl/N-ethyl adjacent to an activating group) is 1. The zero-order chi connectivity index (χ0) is 9.19. The molecule has 1 heterocycles. The molecule has 0 aromatic carbocycles. The van der Waals surface area contributed by atoms with Crippen molar-refractivity contribution >= 4 is 0 Å². The summed E-state index contributed by atoms with van der Waals surface area (Å²) < 4.78 is 2.13. The first-order chi connectivity index (χ1) is 5.52. The lowest BCUT2D eigenvalue weighted by Crippen LogP contribution is -2.36.